The SMILES string of the molecule is Cc1csc(=O)n1CCOC(=O)c1ccc(S(=O)(=O)N(C)c2ccccc2)cc1. The number of anilines is 1. The van der Waals surface area contributed by atoms with Gasteiger partial charge in [-0.05, 0) is 43.3 Å². The number of carbonyl (C=O) groups is 1. The molecule has 7 nitrogen and oxygen atoms in total. The van der Waals surface area contributed by atoms with E-state index in [1.807, 2.05) is 6.92 Å². The number of rotatable bonds is 7. The summed E-state index contributed by atoms with van der Waals surface area (Å²) < 4.78 is 33.4. The van der Waals surface area contributed by atoms with Gasteiger partial charge in [0.15, 0.2) is 0 Å². The predicted octanol–water partition coefficient (Wildman–Crippen LogP) is 2.90. The van der Waals surface area contributed by atoms with Gasteiger partial charge in [0.2, 0.25) is 0 Å². The molecule has 9 heteroatoms. The van der Waals surface area contributed by atoms with Crippen LogP contribution in [-0.2, 0) is 21.3 Å². The molecule has 152 valence electrons. The van der Waals surface area contributed by atoms with Gasteiger partial charge >= 0.3 is 10.8 Å². The van der Waals surface area contributed by atoms with E-state index in [9.17, 15) is 18.0 Å². The maximum Gasteiger partial charge on any atom is 0.338 e. The van der Waals surface area contributed by atoms with Gasteiger partial charge in [0.1, 0.15) is 6.61 Å². The summed E-state index contributed by atoms with van der Waals surface area (Å²) >= 11 is 1.10. The van der Waals surface area contributed by atoms with E-state index in [-0.39, 0.29) is 28.5 Å². The van der Waals surface area contributed by atoms with Gasteiger partial charge < -0.3 is 4.74 Å². The first kappa shape index (κ1) is 20.8. The number of thiazole rings is 1. The molecule has 0 saturated carbocycles. The van der Waals surface area contributed by atoms with Gasteiger partial charge in [-0.1, -0.05) is 29.5 Å². The standard InChI is InChI=1S/C20H20N2O5S2/c1-15-14-28-20(24)22(15)12-13-27-19(23)16-8-10-18(11-9-16)29(25,26)21(2)17-6-4-3-5-7-17/h3-11,14H,12-13H2,1-2H3. The Labute approximate surface area is 172 Å². The summed E-state index contributed by atoms with van der Waals surface area (Å²) in [5, 5.41) is 1.75. The third-order valence-corrected chi connectivity index (χ3v) is 7.07. The van der Waals surface area contributed by atoms with Crippen LogP contribution in [0.2, 0.25) is 0 Å². The van der Waals surface area contributed by atoms with Crippen LogP contribution in [0, 0.1) is 6.92 Å². The molecule has 0 bridgehead atoms. The molecular weight excluding hydrogens is 412 g/mol. The average Bonchev–Trinajstić information content (AvgIpc) is 3.06. The van der Waals surface area contributed by atoms with E-state index < -0.39 is 16.0 Å². The molecule has 29 heavy (non-hydrogen) atoms. The zero-order valence-corrected chi connectivity index (χ0v) is 17.6. The van der Waals surface area contributed by atoms with Gasteiger partial charge in [-0.25, -0.2) is 13.2 Å². The first-order valence-electron chi connectivity index (χ1n) is 8.77. The maximum atomic E-state index is 12.8. The van der Waals surface area contributed by atoms with Crippen LogP contribution in [0.25, 0.3) is 0 Å². The van der Waals surface area contributed by atoms with Crippen molar-refractivity contribution in [3.8, 4) is 0 Å². The Hall–Kier alpha value is -2.91. The molecule has 0 unspecified atom stereocenters. The van der Waals surface area contributed by atoms with Crippen molar-refractivity contribution >= 4 is 33.0 Å². The molecule has 1 aromatic heterocycles. The summed E-state index contributed by atoms with van der Waals surface area (Å²) in [6, 6.07) is 14.3. The number of aryl methyl sites for hydroxylation is 1. The minimum absolute atomic E-state index is 0.0487. The van der Waals surface area contributed by atoms with E-state index in [0.717, 1.165) is 17.0 Å². The normalized spacial score (nSPS) is 11.2. The van der Waals surface area contributed by atoms with Crippen LogP contribution >= 0.6 is 11.3 Å². The quantitative estimate of drug-likeness (QED) is 0.536. The number of carbonyl (C=O) groups excluding carboxylic acids is 1. The summed E-state index contributed by atoms with van der Waals surface area (Å²) in [4.78, 5) is 23.8. The van der Waals surface area contributed by atoms with Crippen LogP contribution in [0.5, 0.6) is 0 Å². The van der Waals surface area contributed by atoms with Crippen molar-refractivity contribution in [2.75, 3.05) is 18.0 Å². The van der Waals surface area contributed by atoms with E-state index >= 15 is 0 Å². The van der Waals surface area contributed by atoms with Crippen LogP contribution in [0.3, 0.4) is 0 Å². The minimum Gasteiger partial charge on any atom is -0.460 e. The molecule has 0 saturated heterocycles. The molecule has 1 heterocycles. The number of nitrogens with zero attached hydrogens (tertiary/aromatic N) is 2. The molecule has 0 atom stereocenters. The van der Waals surface area contributed by atoms with Crippen molar-refractivity contribution in [2.45, 2.75) is 18.4 Å². The van der Waals surface area contributed by atoms with Crippen molar-refractivity contribution < 1.29 is 17.9 Å². The van der Waals surface area contributed by atoms with Gasteiger partial charge in [0.25, 0.3) is 10.0 Å². The van der Waals surface area contributed by atoms with Crippen molar-refractivity contribution in [1.29, 1.82) is 0 Å². The number of esters is 1. The van der Waals surface area contributed by atoms with Crippen molar-refractivity contribution in [3.05, 3.63) is 80.9 Å². The Morgan fingerprint density at radius 1 is 1.10 bits per heavy atom. The van der Waals surface area contributed by atoms with E-state index in [4.69, 9.17) is 4.74 Å². The number of sulfonamides is 1. The Kier molecular flexibility index (Phi) is 6.19. The number of ether oxygens (including phenoxy) is 1. The topological polar surface area (TPSA) is 85.7 Å². The monoisotopic (exact) mass is 432 g/mol. The van der Waals surface area contributed by atoms with E-state index in [0.29, 0.717) is 5.69 Å². The fourth-order valence-electron chi connectivity index (χ4n) is 2.69. The summed E-state index contributed by atoms with van der Waals surface area (Å²) in [5.74, 6) is -0.578. The summed E-state index contributed by atoms with van der Waals surface area (Å²) in [5.41, 5.74) is 1.59. The largest absolute Gasteiger partial charge is 0.460 e. The van der Waals surface area contributed by atoms with Gasteiger partial charge in [-0.3, -0.25) is 13.7 Å². The lowest BCUT2D eigenvalue weighted by Crippen LogP contribution is -2.26. The Morgan fingerprint density at radius 3 is 2.34 bits per heavy atom. The molecule has 0 N–H and O–H groups in total. The second kappa shape index (κ2) is 8.62. The molecule has 3 aromatic rings. The lowest BCUT2D eigenvalue weighted by molar-refractivity contribution is 0.0490. The first-order chi connectivity index (χ1) is 13.8. The zero-order valence-electron chi connectivity index (χ0n) is 15.9. The van der Waals surface area contributed by atoms with Crippen LogP contribution in [0.1, 0.15) is 16.1 Å². The fourth-order valence-corrected chi connectivity index (χ4v) is 4.64. The fraction of sp³-hybridized carbons (Fsp3) is 0.200. The Morgan fingerprint density at radius 2 is 1.76 bits per heavy atom. The minimum atomic E-state index is -3.75. The van der Waals surface area contributed by atoms with Gasteiger partial charge in [-0.2, -0.15) is 0 Å². The third-order valence-electron chi connectivity index (χ3n) is 4.39. The molecule has 0 aliphatic heterocycles. The van der Waals surface area contributed by atoms with Crippen LogP contribution in [0.15, 0.2) is 69.7 Å². The van der Waals surface area contributed by atoms with Crippen LogP contribution in [0.4, 0.5) is 5.69 Å². The number of hydrogen-bond donors (Lipinski definition) is 0. The van der Waals surface area contributed by atoms with Gasteiger partial charge in [0.05, 0.1) is 22.7 Å². The Bertz CT molecular complexity index is 1150. The summed E-state index contributed by atoms with van der Waals surface area (Å²) in [6.45, 7) is 2.13. The highest BCUT2D eigenvalue weighted by atomic mass is 32.2. The van der Waals surface area contributed by atoms with Crippen molar-refractivity contribution in [2.24, 2.45) is 0 Å². The molecular formula is C20H20N2O5S2. The number of benzene rings is 2. The highest BCUT2D eigenvalue weighted by Gasteiger charge is 2.21. The predicted molar refractivity (Wildman–Crippen MR) is 112 cm³/mol. The van der Waals surface area contributed by atoms with E-state index in [1.54, 1.807) is 35.7 Å². The van der Waals surface area contributed by atoms with Gasteiger partial charge in [-0.15, -0.1) is 0 Å². The smallest absolute Gasteiger partial charge is 0.338 e. The zero-order chi connectivity index (χ0) is 21.0. The highest BCUT2D eigenvalue weighted by Crippen LogP contribution is 2.22. The molecule has 0 radical (unpaired) electrons. The average molecular weight is 433 g/mol. The first-order valence-corrected chi connectivity index (χ1v) is 11.1. The maximum absolute atomic E-state index is 12.8. The lowest BCUT2D eigenvalue weighted by atomic mass is 10.2. The number of hydrogen-bond acceptors (Lipinski definition) is 6. The second-order valence-corrected chi connectivity index (χ2v) is 9.05. The van der Waals surface area contributed by atoms with Crippen LogP contribution < -0.4 is 9.18 Å². The summed E-state index contributed by atoms with van der Waals surface area (Å²) in [6.07, 6.45) is 0. The molecule has 0 aliphatic carbocycles. The van der Waals surface area contributed by atoms with Gasteiger partial charge in [0, 0.05) is 18.1 Å². The molecule has 0 aliphatic rings. The van der Waals surface area contributed by atoms with Crippen molar-refractivity contribution in [3.63, 3.8) is 0 Å². The lowest BCUT2D eigenvalue weighted by Gasteiger charge is -2.19. The number of para-hydroxylation sites is 1. The third kappa shape index (κ3) is 4.57. The van der Waals surface area contributed by atoms with E-state index in [1.165, 1.54) is 40.2 Å². The molecule has 0 amide bonds. The molecule has 3 rings (SSSR count). The highest BCUT2D eigenvalue weighted by molar-refractivity contribution is 7.92. The molecule has 0 spiro atoms. The van der Waals surface area contributed by atoms with Crippen LogP contribution in [-0.4, -0.2) is 32.6 Å². The summed E-state index contributed by atoms with van der Waals surface area (Å²) in [7, 11) is -2.27. The van der Waals surface area contributed by atoms with E-state index in [2.05, 4.69) is 0 Å². The number of aromatic nitrogens is 1. The molecule has 0 fully saturated rings. The van der Waals surface area contributed by atoms with Crippen molar-refractivity contribution in [1.82, 2.24) is 4.57 Å². The Balaban J connectivity index is 1.66. The molecule has 2 aromatic carbocycles. The second-order valence-electron chi connectivity index (χ2n) is 6.26.